The van der Waals surface area contributed by atoms with Gasteiger partial charge >= 0.3 is 0 Å². The Morgan fingerprint density at radius 3 is 2.50 bits per heavy atom. The number of benzene rings is 2. The van der Waals surface area contributed by atoms with Crippen molar-refractivity contribution in [2.24, 2.45) is 5.16 Å². The molecule has 0 radical (unpaired) electrons. The molecule has 0 bridgehead atoms. The maximum atomic E-state index is 5.14. The first-order valence-corrected chi connectivity index (χ1v) is 9.18. The summed E-state index contributed by atoms with van der Waals surface area (Å²) in [5.41, 5.74) is 4.49. The molecule has 4 heteroatoms. The highest BCUT2D eigenvalue weighted by Gasteiger charge is 2.16. The van der Waals surface area contributed by atoms with Gasteiger partial charge in [0.1, 0.15) is 7.11 Å². The van der Waals surface area contributed by atoms with Crippen molar-refractivity contribution in [2.75, 3.05) is 25.1 Å². The van der Waals surface area contributed by atoms with Crippen molar-refractivity contribution >= 4 is 22.3 Å². The largest absolute Gasteiger partial charge is 0.399 e. The first-order valence-electron chi connectivity index (χ1n) is 9.18. The van der Waals surface area contributed by atoms with Gasteiger partial charge < -0.3 is 9.74 Å². The van der Waals surface area contributed by atoms with Crippen molar-refractivity contribution in [1.82, 2.24) is 0 Å². The minimum atomic E-state index is 0.665. The molecule has 1 aliphatic heterocycles. The van der Waals surface area contributed by atoms with Gasteiger partial charge in [0.15, 0.2) is 18.5 Å². The number of fused-ring (bicyclic) bond motifs is 1. The fourth-order valence-electron chi connectivity index (χ4n) is 3.64. The van der Waals surface area contributed by atoms with E-state index in [-0.39, 0.29) is 0 Å². The van der Waals surface area contributed by atoms with Crippen LogP contribution in [-0.2, 0) is 11.4 Å². The van der Waals surface area contributed by atoms with Crippen molar-refractivity contribution in [2.45, 2.75) is 19.4 Å². The smallest absolute Gasteiger partial charge is 0.212 e. The van der Waals surface area contributed by atoms with Crippen molar-refractivity contribution in [3.05, 3.63) is 72.4 Å². The SMILES string of the molecule is CO/N=C(/C[n+]1cccc2ccccc21)c1ccc(N2CCCC2)cc1. The fraction of sp³-hybridized carbons (Fsp3) is 0.273. The lowest BCUT2D eigenvalue weighted by Gasteiger charge is -2.17. The maximum absolute atomic E-state index is 5.14. The summed E-state index contributed by atoms with van der Waals surface area (Å²) >= 11 is 0. The molecule has 0 saturated carbocycles. The number of aromatic nitrogens is 1. The summed E-state index contributed by atoms with van der Waals surface area (Å²) in [7, 11) is 1.60. The molecule has 0 spiro atoms. The minimum Gasteiger partial charge on any atom is -0.399 e. The van der Waals surface area contributed by atoms with Crippen LogP contribution in [0.5, 0.6) is 0 Å². The summed E-state index contributed by atoms with van der Waals surface area (Å²) in [5.74, 6) is 0. The van der Waals surface area contributed by atoms with Crippen LogP contribution in [0.25, 0.3) is 10.9 Å². The van der Waals surface area contributed by atoms with Gasteiger partial charge in [0.2, 0.25) is 5.52 Å². The minimum absolute atomic E-state index is 0.665. The maximum Gasteiger partial charge on any atom is 0.212 e. The number of hydrogen-bond donors (Lipinski definition) is 0. The molecule has 1 aliphatic rings. The van der Waals surface area contributed by atoms with E-state index in [1.54, 1.807) is 7.11 Å². The van der Waals surface area contributed by atoms with E-state index in [0.29, 0.717) is 6.54 Å². The molecule has 4 rings (SSSR count). The van der Waals surface area contributed by atoms with E-state index >= 15 is 0 Å². The van der Waals surface area contributed by atoms with Crippen LogP contribution in [0.2, 0.25) is 0 Å². The van der Waals surface area contributed by atoms with Gasteiger partial charge in [0.25, 0.3) is 0 Å². The number of oxime groups is 1. The van der Waals surface area contributed by atoms with Crippen LogP contribution in [0, 0.1) is 0 Å². The van der Waals surface area contributed by atoms with Crippen LogP contribution in [-0.4, -0.2) is 25.9 Å². The lowest BCUT2D eigenvalue weighted by molar-refractivity contribution is -0.655. The van der Waals surface area contributed by atoms with Crippen LogP contribution in [0.15, 0.2) is 72.0 Å². The monoisotopic (exact) mass is 346 g/mol. The number of nitrogens with zero attached hydrogens (tertiary/aromatic N) is 3. The molecule has 0 atom stereocenters. The molecule has 3 aromatic rings. The topological polar surface area (TPSA) is 28.7 Å². The number of rotatable bonds is 5. The molecule has 0 aliphatic carbocycles. The predicted octanol–water partition coefficient (Wildman–Crippen LogP) is 3.78. The summed E-state index contributed by atoms with van der Waals surface area (Å²) in [5, 5.41) is 5.52. The van der Waals surface area contributed by atoms with Crippen LogP contribution < -0.4 is 9.47 Å². The van der Waals surface area contributed by atoms with Gasteiger partial charge in [-0.25, -0.2) is 0 Å². The van der Waals surface area contributed by atoms with E-state index in [1.807, 2.05) is 0 Å². The Kier molecular flexibility index (Phi) is 4.82. The zero-order valence-electron chi connectivity index (χ0n) is 15.1. The van der Waals surface area contributed by atoms with Crippen molar-refractivity contribution in [1.29, 1.82) is 0 Å². The van der Waals surface area contributed by atoms with Gasteiger partial charge in [-0.1, -0.05) is 29.4 Å². The van der Waals surface area contributed by atoms with Crippen molar-refractivity contribution in [3.63, 3.8) is 0 Å². The fourth-order valence-corrected chi connectivity index (χ4v) is 3.64. The van der Waals surface area contributed by atoms with Gasteiger partial charge in [-0.15, -0.1) is 0 Å². The molecule has 0 unspecified atom stereocenters. The molecule has 2 aromatic carbocycles. The highest BCUT2D eigenvalue weighted by molar-refractivity contribution is 5.99. The molecular formula is C22H24N3O+. The Bertz CT molecular complexity index is 907. The van der Waals surface area contributed by atoms with Crippen LogP contribution in [0.3, 0.4) is 0 Å². The highest BCUT2D eigenvalue weighted by Crippen LogP contribution is 2.21. The zero-order chi connectivity index (χ0) is 17.8. The summed E-state index contributed by atoms with van der Waals surface area (Å²) in [6.07, 6.45) is 4.66. The summed E-state index contributed by atoms with van der Waals surface area (Å²) in [6.45, 7) is 2.98. The normalized spacial score (nSPS) is 14.8. The van der Waals surface area contributed by atoms with E-state index in [4.69, 9.17) is 4.84 Å². The average Bonchev–Trinajstić information content (AvgIpc) is 3.23. The first-order chi connectivity index (χ1) is 12.8. The van der Waals surface area contributed by atoms with E-state index in [9.17, 15) is 0 Å². The standard InChI is InChI=1S/C22H24N3O/c1-26-23-21(17-25-16-6-8-19-7-2-3-9-22(19)25)18-10-12-20(13-11-18)24-14-4-5-15-24/h2-3,6-13,16H,4-5,14-15,17H2,1H3/q+1/b23-21-. The molecule has 0 N–H and O–H groups in total. The Morgan fingerprint density at radius 1 is 1.00 bits per heavy atom. The Hall–Kier alpha value is -2.88. The molecule has 132 valence electrons. The van der Waals surface area contributed by atoms with Gasteiger partial charge in [-0.2, -0.15) is 4.57 Å². The van der Waals surface area contributed by atoms with Crippen LogP contribution in [0.1, 0.15) is 18.4 Å². The van der Waals surface area contributed by atoms with Gasteiger partial charge in [0.05, 0.1) is 0 Å². The lowest BCUT2D eigenvalue weighted by Crippen LogP contribution is -2.38. The first kappa shape index (κ1) is 16.6. The third-order valence-electron chi connectivity index (χ3n) is 4.98. The second kappa shape index (κ2) is 7.56. The summed E-state index contributed by atoms with van der Waals surface area (Å²) in [4.78, 5) is 7.58. The number of para-hydroxylation sites is 1. The zero-order valence-corrected chi connectivity index (χ0v) is 15.1. The number of anilines is 1. The van der Waals surface area contributed by atoms with Crippen LogP contribution >= 0.6 is 0 Å². The van der Waals surface area contributed by atoms with Crippen LogP contribution in [0.4, 0.5) is 5.69 Å². The summed E-state index contributed by atoms with van der Waals surface area (Å²) in [6, 6.07) is 21.3. The Morgan fingerprint density at radius 2 is 1.73 bits per heavy atom. The van der Waals surface area contributed by atoms with E-state index in [1.165, 1.54) is 29.4 Å². The van der Waals surface area contributed by atoms with E-state index in [0.717, 1.165) is 24.4 Å². The Labute approximate surface area is 154 Å². The summed E-state index contributed by atoms with van der Waals surface area (Å²) < 4.78 is 2.21. The number of pyridine rings is 1. The second-order valence-electron chi connectivity index (χ2n) is 6.66. The second-order valence-corrected chi connectivity index (χ2v) is 6.66. The third kappa shape index (κ3) is 3.40. The van der Waals surface area contributed by atoms with Gasteiger partial charge in [-0.05, 0) is 37.1 Å². The van der Waals surface area contributed by atoms with Crippen molar-refractivity contribution in [3.8, 4) is 0 Å². The molecule has 1 aromatic heterocycles. The molecule has 1 fully saturated rings. The molecule has 2 heterocycles. The molecule has 1 saturated heterocycles. The van der Waals surface area contributed by atoms with Crippen molar-refractivity contribution < 1.29 is 9.40 Å². The quantitative estimate of drug-likeness (QED) is 0.400. The molecule has 26 heavy (non-hydrogen) atoms. The predicted molar refractivity (Wildman–Crippen MR) is 106 cm³/mol. The molecule has 4 nitrogen and oxygen atoms in total. The average molecular weight is 346 g/mol. The lowest BCUT2D eigenvalue weighted by atomic mass is 10.1. The van der Waals surface area contributed by atoms with E-state index < -0.39 is 0 Å². The number of hydrogen-bond acceptors (Lipinski definition) is 3. The van der Waals surface area contributed by atoms with E-state index in [2.05, 4.69) is 81.5 Å². The van der Waals surface area contributed by atoms with Gasteiger partial charge in [0, 0.05) is 41.9 Å². The third-order valence-corrected chi connectivity index (χ3v) is 4.98. The van der Waals surface area contributed by atoms with Gasteiger partial charge in [-0.3, -0.25) is 0 Å². The highest BCUT2D eigenvalue weighted by atomic mass is 16.6. The molecular weight excluding hydrogens is 322 g/mol. The molecule has 0 amide bonds. The Balaban J connectivity index is 1.62.